The van der Waals surface area contributed by atoms with Gasteiger partial charge >= 0.3 is 0 Å². The van der Waals surface area contributed by atoms with Gasteiger partial charge in [0.15, 0.2) is 0 Å². The highest BCUT2D eigenvalue weighted by molar-refractivity contribution is 5.26. The van der Waals surface area contributed by atoms with Crippen molar-refractivity contribution in [1.29, 1.82) is 0 Å². The highest BCUT2D eigenvalue weighted by atomic mass is 16.5. The van der Waals surface area contributed by atoms with Crippen molar-refractivity contribution in [3.8, 4) is 0 Å². The van der Waals surface area contributed by atoms with E-state index in [1.165, 1.54) is 11.1 Å². The number of rotatable bonds is 7. The van der Waals surface area contributed by atoms with Crippen LogP contribution in [0.3, 0.4) is 0 Å². The van der Waals surface area contributed by atoms with E-state index in [1.54, 1.807) is 0 Å². The van der Waals surface area contributed by atoms with Crippen LogP contribution in [0.1, 0.15) is 17.0 Å². The van der Waals surface area contributed by atoms with Crippen LogP contribution < -0.4 is 5.32 Å². The van der Waals surface area contributed by atoms with Crippen molar-refractivity contribution in [3.63, 3.8) is 0 Å². The fraction of sp³-hybridized carbons (Fsp3) is 0.500. The third-order valence-electron chi connectivity index (χ3n) is 4.40. The number of benzene rings is 1. The molecule has 1 N–H and O–H groups in total. The molecular weight excluding hydrogens is 288 g/mol. The third-order valence-corrected chi connectivity index (χ3v) is 4.40. The van der Waals surface area contributed by atoms with Gasteiger partial charge in [0.2, 0.25) is 0 Å². The molecule has 124 valence electrons. The summed E-state index contributed by atoms with van der Waals surface area (Å²) in [4.78, 5) is 6.93. The maximum Gasteiger partial charge on any atom is 0.122 e. The number of nitrogens with one attached hydrogen (secondary N) is 1. The highest BCUT2D eigenvalue weighted by Crippen LogP contribution is 2.10. The predicted octanol–water partition coefficient (Wildman–Crippen LogP) is 1.66. The number of hydrogen-bond donors (Lipinski definition) is 1. The molecule has 23 heavy (non-hydrogen) atoms. The topological polar surface area (TPSA) is 42.3 Å². The standard InChI is InChI=1S/C18H26N4O/c1-16-4-2-3-5-17(16)15-22-9-7-20-18(22)14-19-6-8-21-10-12-23-13-11-21/h2-5,7,9,19H,6,8,10-15H2,1H3. The van der Waals surface area contributed by atoms with Gasteiger partial charge < -0.3 is 14.6 Å². The lowest BCUT2D eigenvalue weighted by molar-refractivity contribution is 0.0384. The Morgan fingerprint density at radius 1 is 1.22 bits per heavy atom. The molecule has 0 atom stereocenters. The Bertz CT molecular complexity index is 605. The molecule has 0 spiro atoms. The molecule has 5 heteroatoms. The number of imidazole rings is 1. The molecule has 0 saturated carbocycles. The second-order valence-electron chi connectivity index (χ2n) is 6.03. The Balaban J connectivity index is 1.47. The van der Waals surface area contributed by atoms with E-state index in [-0.39, 0.29) is 0 Å². The number of hydrogen-bond acceptors (Lipinski definition) is 4. The van der Waals surface area contributed by atoms with E-state index in [1.807, 2.05) is 6.20 Å². The zero-order valence-electron chi connectivity index (χ0n) is 13.9. The van der Waals surface area contributed by atoms with Gasteiger partial charge in [-0.2, -0.15) is 0 Å². The Hall–Kier alpha value is -1.69. The second kappa shape index (κ2) is 8.24. The number of aromatic nitrogens is 2. The Kier molecular flexibility index (Phi) is 5.80. The van der Waals surface area contributed by atoms with Gasteiger partial charge in [-0.05, 0) is 18.1 Å². The smallest absolute Gasteiger partial charge is 0.122 e. The fourth-order valence-electron chi connectivity index (χ4n) is 2.88. The van der Waals surface area contributed by atoms with Crippen molar-refractivity contribution in [1.82, 2.24) is 19.8 Å². The molecule has 0 aliphatic carbocycles. The fourth-order valence-corrected chi connectivity index (χ4v) is 2.88. The summed E-state index contributed by atoms with van der Waals surface area (Å²) >= 11 is 0. The molecular formula is C18H26N4O. The lowest BCUT2D eigenvalue weighted by atomic mass is 10.1. The summed E-state index contributed by atoms with van der Waals surface area (Å²) in [5, 5.41) is 3.51. The van der Waals surface area contributed by atoms with Crippen molar-refractivity contribution >= 4 is 0 Å². The van der Waals surface area contributed by atoms with Crippen molar-refractivity contribution < 1.29 is 4.74 Å². The van der Waals surface area contributed by atoms with Crippen LogP contribution >= 0.6 is 0 Å². The van der Waals surface area contributed by atoms with Crippen molar-refractivity contribution in [2.45, 2.75) is 20.0 Å². The first-order valence-corrected chi connectivity index (χ1v) is 8.38. The van der Waals surface area contributed by atoms with Crippen LogP contribution in [0, 0.1) is 6.92 Å². The van der Waals surface area contributed by atoms with Crippen LogP contribution in [-0.2, 0) is 17.8 Å². The first kappa shape index (κ1) is 16.2. The number of nitrogens with zero attached hydrogens (tertiary/aromatic N) is 3. The molecule has 1 aliphatic heterocycles. The zero-order chi connectivity index (χ0) is 15.9. The highest BCUT2D eigenvalue weighted by Gasteiger charge is 2.09. The van der Waals surface area contributed by atoms with Gasteiger partial charge in [0.05, 0.1) is 19.8 Å². The number of ether oxygens (including phenoxy) is 1. The first-order chi connectivity index (χ1) is 11.3. The zero-order valence-corrected chi connectivity index (χ0v) is 13.9. The molecule has 0 amide bonds. The van der Waals surface area contributed by atoms with Crippen LogP contribution in [0.4, 0.5) is 0 Å². The minimum atomic E-state index is 0.809. The minimum Gasteiger partial charge on any atom is -0.379 e. The molecule has 0 unspecified atom stereocenters. The van der Waals surface area contributed by atoms with Crippen LogP contribution in [0.2, 0.25) is 0 Å². The molecule has 2 heterocycles. The van der Waals surface area contributed by atoms with Gasteiger partial charge in [-0.1, -0.05) is 24.3 Å². The van der Waals surface area contributed by atoms with Gasteiger partial charge in [-0.3, -0.25) is 4.90 Å². The molecule has 1 aromatic heterocycles. The van der Waals surface area contributed by atoms with E-state index in [0.29, 0.717) is 0 Å². The molecule has 0 bridgehead atoms. The maximum atomic E-state index is 5.37. The van der Waals surface area contributed by atoms with Gasteiger partial charge in [0.25, 0.3) is 0 Å². The van der Waals surface area contributed by atoms with Crippen LogP contribution in [0.25, 0.3) is 0 Å². The lowest BCUT2D eigenvalue weighted by Gasteiger charge is -2.26. The lowest BCUT2D eigenvalue weighted by Crippen LogP contribution is -2.40. The molecule has 2 aromatic rings. The summed E-state index contributed by atoms with van der Waals surface area (Å²) in [6.45, 7) is 9.72. The van der Waals surface area contributed by atoms with E-state index in [0.717, 1.165) is 58.3 Å². The van der Waals surface area contributed by atoms with Crippen LogP contribution in [-0.4, -0.2) is 53.8 Å². The maximum absolute atomic E-state index is 5.37. The quantitative estimate of drug-likeness (QED) is 0.789. The van der Waals surface area contributed by atoms with Crippen LogP contribution in [0.15, 0.2) is 36.7 Å². The Morgan fingerprint density at radius 2 is 2.04 bits per heavy atom. The molecule has 0 radical (unpaired) electrons. The summed E-state index contributed by atoms with van der Waals surface area (Å²) in [5.74, 6) is 1.09. The van der Waals surface area contributed by atoms with E-state index in [9.17, 15) is 0 Å². The Morgan fingerprint density at radius 3 is 2.87 bits per heavy atom. The molecule has 1 fully saturated rings. The molecule has 1 aromatic carbocycles. The van der Waals surface area contributed by atoms with E-state index < -0.39 is 0 Å². The molecule has 1 saturated heterocycles. The minimum absolute atomic E-state index is 0.809. The van der Waals surface area contributed by atoms with Gasteiger partial charge in [0.1, 0.15) is 5.82 Å². The third kappa shape index (κ3) is 4.64. The second-order valence-corrected chi connectivity index (χ2v) is 6.03. The van der Waals surface area contributed by atoms with Gasteiger partial charge in [0, 0.05) is 45.1 Å². The molecule has 5 nitrogen and oxygen atoms in total. The average molecular weight is 314 g/mol. The SMILES string of the molecule is Cc1ccccc1Cn1ccnc1CNCCN1CCOCC1. The summed E-state index contributed by atoms with van der Waals surface area (Å²) in [5.41, 5.74) is 2.67. The molecule has 3 rings (SSSR count). The normalized spacial score (nSPS) is 15.9. The van der Waals surface area contributed by atoms with Crippen molar-refractivity contribution in [3.05, 3.63) is 53.6 Å². The number of morpholine rings is 1. The molecule has 1 aliphatic rings. The number of aryl methyl sites for hydroxylation is 1. The van der Waals surface area contributed by atoms with Crippen LogP contribution in [0.5, 0.6) is 0 Å². The predicted molar refractivity (Wildman–Crippen MR) is 91.5 cm³/mol. The van der Waals surface area contributed by atoms with E-state index in [4.69, 9.17) is 4.74 Å². The summed E-state index contributed by atoms with van der Waals surface area (Å²) in [6.07, 6.45) is 3.95. The van der Waals surface area contributed by atoms with E-state index in [2.05, 4.69) is 57.2 Å². The summed E-state index contributed by atoms with van der Waals surface area (Å²) in [7, 11) is 0. The van der Waals surface area contributed by atoms with Crippen molar-refractivity contribution in [2.75, 3.05) is 39.4 Å². The average Bonchev–Trinajstić information content (AvgIpc) is 3.02. The monoisotopic (exact) mass is 314 g/mol. The van der Waals surface area contributed by atoms with Gasteiger partial charge in [-0.25, -0.2) is 4.98 Å². The van der Waals surface area contributed by atoms with E-state index >= 15 is 0 Å². The Labute approximate surface area is 138 Å². The van der Waals surface area contributed by atoms with Gasteiger partial charge in [-0.15, -0.1) is 0 Å². The largest absolute Gasteiger partial charge is 0.379 e. The summed E-state index contributed by atoms with van der Waals surface area (Å²) in [6, 6.07) is 8.53. The summed E-state index contributed by atoms with van der Waals surface area (Å²) < 4.78 is 7.60. The first-order valence-electron chi connectivity index (χ1n) is 8.38. The van der Waals surface area contributed by atoms with Crippen molar-refractivity contribution in [2.24, 2.45) is 0 Å².